The number of aromatic nitrogens is 2. The molecule has 0 bridgehead atoms. The van der Waals surface area contributed by atoms with Crippen molar-refractivity contribution < 1.29 is 8.78 Å². The molecular weight excluding hydrogens is 475 g/mol. The lowest BCUT2D eigenvalue weighted by Gasteiger charge is -2.40. The van der Waals surface area contributed by atoms with Crippen LogP contribution in [-0.4, -0.2) is 40.5 Å². The lowest BCUT2D eigenvalue weighted by molar-refractivity contribution is 0.0668. The Morgan fingerprint density at radius 2 is 2.07 bits per heavy atom. The van der Waals surface area contributed by atoms with Gasteiger partial charge >= 0.3 is 6.55 Å². The van der Waals surface area contributed by atoms with Crippen LogP contribution in [-0.2, 0) is 6.54 Å². The van der Waals surface area contributed by atoms with Crippen LogP contribution in [0.1, 0.15) is 43.6 Å². The van der Waals surface area contributed by atoms with Gasteiger partial charge in [0, 0.05) is 32.5 Å². The van der Waals surface area contributed by atoms with Crippen molar-refractivity contribution in [1.82, 2.24) is 19.8 Å². The van der Waals surface area contributed by atoms with Gasteiger partial charge in [-0.25, -0.2) is 4.98 Å². The molecule has 1 aliphatic rings. The maximum absolute atomic E-state index is 13.0. The third-order valence-corrected chi connectivity index (χ3v) is 5.36. The molecule has 28 heavy (non-hydrogen) atoms. The van der Waals surface area contributed by atoms with Gasteiger partial charge in [0.25, 0.3) is 0 Å². The molecule has 1 aliphatic heterocycles. The van der Waals surface area contributed by atoms with Gasteiger partial charge in [-0.3, -0.25) is 9.56 Å². The minimum Gasteiger partial charge on any atom is -0.349 e. The van der Waals surface area contributed by atoms with Gasteiger partial charge < -0.3 is 10.2 Å². The van der Waals surface area contributed by atoms with Gasteiger partial charge in [-0.2, -0.15) is 8.78 Å². The number of likely N-dealkylation sites (tertiary alicyclic amines) is 1. The van der Waals surface area contributed by atoms with Crippen molar-refractivity contribution in [3.05, 3.63) is 54.1 Å². The zero-order valence-corrected chi connectivity index (χ0v) is 18.6. The van der Waals surface area contributed by atoms with E-state index in [-0.39, 0.29) is 30.5 Å². The molecule has 2 atom stereocenters. The quantitative estimate of drug-likeness (QED) is 0.372. The molecule has 1 fully saturated rings. The number of imidazole rings is 1. The van der Waals surface area contributed by atoms with E-state index < -0.39 is 6.55 Å². The van der Waals surface area contributed by atoms with Crippen LogP contribution in [0, 0.1) is 5.92 Å². The molecule has 0 saturated carbocycles. The van der Waals surface area contributed by atoms with Crippen molar-refractivity contribution >= 4 is 29.9 Å². The van der Waals surface area contributed by atoms with Crippen LogP contribution < -0.4 is 5.32 Å². The van der Waals surface area contributed by atoms with Gasteiger partial charge in [0.05, 0.1) is 6.54 Å². The van der Waals surface area contributed by atoms with E-state index in [0.717, 1.165) is 36.5 Å². The summed E-state index contributed by atoms with van der Waals surface area (Å²) in [6.45, 7) is 1.65. The molecule has 1 aromatic heterocycles. The van der Waals surface area contributed by atoms with Crippen LogP contribution >= 0.6 is 24.0 Å². The normalized spacial score (nSPS) is 20.2. The Balaban J connectivity index is 0.00000280. The molecule has 2 unspecified atom stereocenters. The summed E-state index contributed by atoms with van der Waals surface area (Å²) in [5.74, 6) is 2.12. The second-order valence-corrected chi connectivity index (χ2v) is 6.85. The number of rotatable bonds is 5. The van der Waals surface area contributed by atoms with Crippen LogP contribution in [0.3, 0.4) is 0 Å². The summed E-state index contributed by atoms with van der Waals surface area (Å²) in [4.78, 5) is 10.6. The highest BCUT2D eigenvalue weighted by Crippen LogP contribution is 2.34. The molecule has 3 rings (SSSR count). The standard InChI is InChI=1S/C20H27F2N5.HI/c1-3-15-14-26(11-9-17(15)16-7-5-4-6-8-16)20(23-2)25-13-18-24-10-12-27(18)19(21)22;/h4-8,10,12,15,17,19H,3,9,11,13-14H2,1-2H3,(H,23,25);1H. The van der Waals surface area contributed by atoms with E-state index in [9.17, 15) is 8.78 Å². The number of guanidine groups is 1. The molecule has 5 nitrogen and oxygen atoms in total. The maximum Gasteiger partial charge on any atom is 0.319 e. The number of piperidine rings is 1. The lowest BCUT2D eigenvalue weighted by atomic mass is 9.79. The predicted octanol–water partition coefficient (Wildman–Crippen LogP) is 4.49. The first-order valence-corrected chi connectivity index (χ1v) is 9.44. The minimum absolute atomic E-state index is 0. The smallest absolute Gasteiger partial charge is 0.319 e. The van der Waals surface area contributed by atoms with Crippen molar-refractivity contribution in [3.8, 4) is 0 Å². The van der Waals surface area contributed by atoms with Gasteiger partial charge in [0.1, 0.15) is 5.82 Å². The summed E-state index contributed by atoms with van der Waals surface area (Å²) in [5, 5.41) is 3.20. The summed E-state index contributed by atoms with van der Waals surface area (Å²) in [5.41, 5.74) is 1.39. The van der Waals surface area contributed by atoms with Gasteiger partial charge in [0.2, 0.25) is 0 Å². The maximum atomic E-state index is 13.0. The highest BCUT2D eigenvalue weighted by molar-refractivity contribution is 14.0. The topological polar surface area (TPSA) is 45.4 Å². The number of halogens is 3. The van der Waals surface area contributed by atoms with E-state index >= 15 is 0 Å². The average molecular weight is 503 g/mol. The van der Waals surface area contributed by atoms with E-state index in [4.69, 9.17) is 0 Å². The zero-order chi connectivity index (χ0) is 19.2. The summed E-state index contributed by atoms with van der Waals surface area (Å²) in [6.07, 6.45) is 4.82. The molecule has 0 radical (unpaired) electrons. The van der Waals surface area contributed by atoms with Crippen molar-refractivity contribution in [1.29, 1.82) is 0 Å². The largest absolute Gasteiger partial charge is 0.349 e. The first-order chi connectivity index (χ1) is 13.1. The predicted molar refractivity (Wildman–Crippen MR) is 118 cm³/mol. The SMILES string of the molecule is CCC1CN(C(=NC)NCc2nccn2C(F)F)CCC1c1ccccc1.I. The fourth-order valence-corrected chi connectivity index (χ4v) is 3.93. The first-order valence-electron chi connectivity index (χ1n) is 9.44. The number of hydrogen-bond acceptors (Lipinski definition) is 2. The van der Waals surface area contributed by atoms with Crippen LogP contribution in [0.15, 0.2) is 47.7 Å². The molecular formula is C20H28F2IN5. The number of benzene rings is 1. The van der Waals surface area contributed by atoms with Crippen molar-refractivity contribution in [2.75, 3.05) is 20.1 Å². The zero-order valence-electron chi connectivity index (χ0n) is 16.3. The Bertz CT molecular complexity index is 750. The second-order valence-electron chi connectivity index (χ2n) is 6.85. The summed E-state index contributed by atoms with van der Waals surface area (Å²) in [6, 6.07) is 10.7. The Morgan fingerprint density at radius 1 is 1.32 bits per heavy atom. The van der Waals surface area contributed by atoms with Crippen molar-refractivity contribution in [2.24, 2.45) is 10.9 Å². The molecule has 154 valence electrons. The van der Waals surface area contributed by atoms with E-state index in [1.54, 1.807) is 7.05 Å². The van der Waals surface area contributed by atoms with E-state index in [2.05, 4.69) is 57.4 Å². The third kappa shape index (κ3) is 5.21. The Labute approximate surface area is 182 Å². The summed E-state index contributed by atoms with van der Waals surface area (Å²) < 4.78 is 26.8. The lowest BCUT2D eigenvalue weighted by Crippen LogP contribution is -2.48. The van der Waals surface area contributed by atoms with E-state index in [0.29, 0.717) is 17.7 Å². The minimum atomic E-state index is -2.59. The van der Waals surface area contributed by atoms with Crippen LogP contribution in [0.2, 0.25) is 0 Å². The number of nitrogens with one attached hydrogen (secondary N) is 1. The Kier molecular flexibility index (Phi) is 8.65. The molecule has 1 aromatic carbocycles. The van der Waals surface area contributed by atoms with Gasteiger partial charge in [-0.05, 0) is 23.8 Å². The molecule has 0 aliphatic carbocycles. The number of nitrogens with zero attached hydrogens (tertiary/aromatic N) is 4. The molecule has 8 heteroatoms. The molecule has 0 amide bonds. The number of aliphatic imine (C=N–C) groups is 1. The van der Waals surface area contributed by atoms with Gasteiger partial charge in [0.15, 0.2) is 5.96 Å². The van der Waals surface area contributed by atoms with Crippen molar-refractivity contribution in [2.45, 2.75) is 38.8 Å². The highest BCUT2D eigenvalue weighted by atomic mass is 127. The second kappa shape index (κ2) is 10.7. The number of alkyl halides is 2. The van der Waals surface area contributed by atoms with E-state index in [1.165, 1.54) is 18.0 Å². The van der Waals surface area contributed by atoms with Gasteiger partial charge in [-0.1, -0.05) is 43.7 Å². The first kappa shape index (κ1) is 22.6. The average Bonchev–Trinajstić information content (AvgIpc) is 3.18. The van der Waals surface area contributed by atoms with E-state index in [1.807, 2.05) is 0 Å². The molecule has 1 saturated heterocycles. The highest BCUT2D eigenvalue weighted by Gasteiger charge is 2.30. The van der Waals surface area contributed by atoms with Crippen LogP contribution in [0.5, 0.6) is 0 Å². The molecule has 2 heterocycles. The molecule has 1 N–H and O–H groups in total. The number of hydrogen-bond donors (Lipinski definition) is 1. The molecule has 0 spiro atoms. The Hall–Kier alpha value is -1.71. The van der Waals surface area contributed by atoms with Crippen LogP contribution in [0.25, 0.3) is 0 Å². The summed E-state index contributed by atoms with van der Waals surface area (Å²) >= 11 is 0. The van der Waals surface area contributed by atoms with Crippen molar-refractivity contribution in [3.63, 3.8) is 0 Å². The van der Waals surface area contributed by atoms with Gasteiger partial charge in [-0.15, -0.1) is 24.0 Å². The van der Waals surface area contributed by atoms with Crippen LogP contribution in [0.4, 0.5) is 8.78 Å². The fourth-order valence-electron chi connectivity index (χ4n) is 3.93. The Morgan fingerprint density at radius 3 is 2.71 bits per heavy atom. The fraction of sp³-hybridized carbons (Fsp3) is 0.500. The third-order valence-electron chi connectivity index (χ3n) is 5.36. The summed E-state index contributed by atoms with van der Waals surface area (Å²) in [7, 11) is 1.73. The monoisotopic (exact) mass is 503 g/mol. The molecule has 2 aromatic rings.